The summed E-state index contributed by atoms with van der Waals surface area (Å²) >= 11 is 3.49. The van der Waals surface area contributed by atoms with Gasteiger partial charge in [0.05, 0.1) is 12.8 Å². The Morgan fingerprint density at radius 3 is 3.11 bits per heavy atom. The maximum Gasteiger partial charge on any atom is 0.142 e. The Kier molecular flexibility index (Phi) is 4.86. The Labute approximate surface area is 117 Å². The number of halogens is 1. The minimum absolute atomic E-state index is 0.516. The van der Waals surface area contributed by atoms with E-state index in [4.69, 9.17) is 4.74 Å². The first-order chi connectivity index (χ1) is 8.70. The predicted octanol–water partition coefficient (Wildman–Crippen LogP) is 1.77. The molecule has 1 aromatic rings. The average Bonchev–Trinajstić information content (AvgIpc) is 2.38. The van der Waals surface area contributed by atoms with Crippen molar-refractivity contribution in [2.45, 2.75) is 6.04 Å². The van der Waals surface area contributed by atoms with E-state index in [9.17, 15) is 0 Å². The number of methoxy groups -OCH3 is 1. The molecule has 0 saturated carbocycles. The smallest absolute Gasteiger partial charge is 0.142 e. The van der Waals surface area contributed by atoms with Crippen molar-refractivity contribution in [2.75, 3.05) is 45.7 Å². The van der Waals surface area contributed by atoms with Crippen molar-refractivity contribution in [3.63, 3.8) is 0 Å². The van der Waals surface area contributed by atoms with Crippen molar-refractivity contribution < 1.29 is 4.74 Å². The molecule has 1 saturated heterocycles. The Balaban J connectivity index is 1.98. The second-order valence-corrected chi connectivity index (χ2v) is 5.48. The van der Waals surface area contributed by atoms with Crippen molar-refractivity contribution in [2.24, 2.45) is 0 Å². The normalized spacial score (nSPS) is 20.7. The first kappa shape index (κ1) is 13.6. The van der Waals surface area contributed by atoms with Gasteiger partial charge in [-0.1, -0.05) is 15.9 Å². The van der Waals surface area contributed by atoms with Crippen LogP contribution in [0.15, 0.2) is 22.7 Å². The summed E-state index contributed by atoms with van der Waals surface area (Å²) in [6.07, 6.45) is 0. The number of piperazine rings is 1. The third-order valence-electron chi connectivity index (χ3n) is 3.33. The topological polar surface area (TPSA) is 36.5 Å². The lowest BCUT2D eigenvalue weighted by Gasteiger charge is -2.33. The van der Waals surface area contributed by atoms with Gasteiger partial charge in [0, 0.05) is 36.7 Å². The lowest BCUT2D eigenvalue weighted by Crippen LogP contribution is -2.52. The molecule has 0 radical (unpaired) electrons. The van der Waals surface area contributed by atoms with Crippen molar-refractivity contribution in [3.8, 4) is 5.75 Å². The highest BCUT2D eigenvalue weighted by atomic mass is 79.9. The van der Waals surface area contributed by atoms with Crippen LogP contribution in [-0.4, -0.2) is 51.3 Å². The summed E-state index contributed by atoms with van der Waals surface area (Å²) in [7, 11) is 3.87. The summed E-state index contributed by atoms with van der Waals surface area (Å²) < 4.78 is 6.41. The molecule has 0 bridgehead atoms. The lowest BCUT2D eigenvalue weighted by atomic mass is 10.2. The fraction of sp³-hybridized carbons (Fsp3) is 0.538. The Bertz CT molecular complexity index is 400. The van der Waals surface area contributed by atoms with Crippen LogP contribution in [0.5, 0.6) is 5.75 Å². The lowest BCUT2D eigenvalue weighted by molar-refractivity contribution is 0.209. The largest absolute Gasteiger partial charge is 0.495 e. The quantitative estimate of drug-likeness (QED) is 0.888. The van der Waals surface area contributed by atoms with Gasteiger partial charge in [-0.05, 0) is 25.2 Å². The summed E-state index contributed by atoms with van der Waals surface area (Å²) in [5.41, 5.74) is 1.03. The molecule has 0 amide bonds. The Morgan fingerprint density at radius 1 is 1.56 bits per heavy atom. The molecule has 2 N–H and O–H groups in total. The summed E-state index contributed by atoms with van der Waals surface area (Å²) in [4.78, 5) is 2.38. The molecule has 0 aromatic heterocycles. The molecule has 5 heteroatoms. The maximum atomic E-state index is 5.35. The predicted molar refractivity (Wildman–Crippen MR) is 78.5 cm³/mol. The van der Waals surface area contributed by atoms with Gasteiger partial charge in [-0.3, -0.25) is 4.90 Å². The molecule has 1 heterocycles. The van der Waals surface area contributed by atoms with Crippen LogP contribution in [0.4, 0.5) is 5.69 Å². The number of hydrogen-bond acceptors (Lipinski definition) is 4. The monoisotopic (exact) mass is 313 g/mol. The number of rotatable bonds is 4. The minimum Gasteiger partial charge on any atom is -0.495 e. The third kappa shape index (κ3) is 3.37. The van der Waals surface area contributed by atoms with Gasteiger partial charge in [0.2, 0.25) is 0 Å². The standard InChI is InChI=1S/C13H20BrN3O/c1-17-6-5-15-8-11(17)9-16-12-7-10(14)3-4-13(12)18-2/h3-4,7,11,15-16H,5-6,8-9H2,1-2H3. The van der Waals surface area contributed by atoms with E-state index in [1.54, 1.807) is 7.11 Å². The maximum absolute atomic E-state index is 5.35. The van der Waals surface area contributed by atoms with E-state index in [2.05, 4.69) is 44.6 Å². The van der Waals surface area contributed by atoms with Gasteiger partial charge in [0.25, 0.3) is 0 Å². The van der Waals surface area contributed by atoms with Crippen LogP contribution in [0, 0.1) is 0 Å². The number of likely N-dealkylation sites (N-methyl/N-ethyl adjacent to an activating group) is 1. The first-order valence-corrected chi connectivity index (χ1v) is 6.98. The molecule has 1 aliphatic heterocycles. The molecule has 4 nitrogen and oxygen atoms in total. The van der Waals surface area contributed by atoms with E-state index in [0.29, 0.717) is 6.04 Å². The molecular weight excluding hydrogens is 294 g/mol. The summed E-state index contributed by atoms with van der Waals surface area (Å²) in [6.45, 7) is 4.12. The van der Waals surface area contributed by atoms with Crippen LogP contribution in [0.2, 0.25) is 0 Å². The zero-order valence-electron chi connectivity index (χ0n) is 10.9. The molecule has 1 aromatic carbocycles. The molecule has 2 rings (SSSR count). The number of anilines is 1. The molecule has 18 heavy (non-hydrogen) atoms. The van der Waals surface area contributed by atoms with Crippen LogP contribution in [-0.2, 0) is 0 Å². The Hall–Kier alpha value is -0.780. The van der Waals surface area contributed by atoms with E-state index in [1.807, 2.05) is 12.1 Å². The van der Waals surface area contributed by atoms with Gasteiger partial charge in [-0.15, -0.1) is 0 Å². The number of nitrogens with zero attached hydrogens (tertiary/aromatic N) is 1. The van der Waals surface area contributed by atoms with Crippen LogP contribution >= 0.6 is 15.9 Å². The van der Waals surface area contributed by atoms with Crippen molar-refractivity contribution in [3.05, 3.63) is 22.7 Å². The zero-order valence-corrected chi connectivity index (χ0v) is 12.5. The molecule has 1 aliphatic rings. The van der Waals surface area contributed by atoms with Crippen LogP contribution in [0.1, 0.15) is 0 Å². The average molecular weight is 314 g/mol. The van der Waals surface area contributed by atoms with Crippen LogP contribution < -0.4 is 15.4 Å². The Morgan fingerprint density at radius 2 is 2.39 bits per heavy atom. The number of nitrogens with one attached hydrogen (secondary N) is 2. The van der Waals surface area contributed by atoms with E-state index in [1.165, 1.54) is 0 Å². The summed E-state index contributed by atoms with van der Waals surface area (Å²) in [6, 6.07) is 6.52. The van der Waals surface area contributed by atoms with Gasteiger partial charge in [-0.2, -0.15) is 0 Å². The van der Waals surface area contributed by atoms with Crippen LogP contribution in [0.25, 0.3) is 0 Å². The molecule has 1 unspecified atom stereocenters. The van der Waals surface area contributed by atoms with Gasteiger partial charge in [0.15, 0.2) is 0 Å². The highest BCUT2D eigenvalue weighted by Crippen LogP contribution is 2.27. The fourth-order valence-corrected chi connectivity index (χ4v) is 2.50. The van der Waals surface area contributed by atoms with Gasteiger partial charge in [0.1, 0.15) is 5.75 Å². The molecule has 0 aliphatic carbocycles. The molecule has 0 spiro atoms. The molecular formula is C13H20BrN3O. The van der Waals surface area contributed by atoms with Crippen molar-refractivity contribution in [1.82, 2.24) is 10.2 Å². The van der Waals surface area contributed by atoms with Crippen molar-refractivity contribution >= 4 is 21.6 Å². The fourth-order valence-electron chi connectivity index (χ4n) is 2.14. The summed E-state index contributed by atoms with van der Waals surface area (Å²) in [5.74, 6) is 0.879. The molecule has 1 fully saturated rings. The number of hydrogen-bond donors (Lipinski definition) is 2. The SMILES string of the molecule is COc1ccc(Br)cc1NCC1CNCCN1C. The number of benzene rings is 1. The second kappa shape index (κ2) is 6.41. The van der Waals surface area contributed by atoms with E-state index in [0.717, 1.165) is 42.1 Å². The van der Waals surface area contributed by atoms with E-state index < -0.39 is 0 Å². The van der Waals surface area contributed by atoms with E-state index in [-0.39, 0.29) is 0 Å². The van der Waals surface area contributed by atoms with Crippen LogP contribution in [0.3, 0.4) is 0 Å². The van der Waals surface area contributed by atoms with Gasteiger partial charge >= 0.3 is 0 Å². The number of ether oxygens (including phenoxy) is 1. The third-order valence-corrected chi connectivity index (χ3v) is 3.83. The van der Waals surface area contributed by atoms with E-state index >= 15 is 0 Å². The molecule has 1 atom stereocenters. The summed E-state index contributed by atoms with van der Waals surface area (Å²) in [5, 5.41) is 6.89. The molecule has 100 valence electrons. The second-order valence-electron chi connectivity index (χ2n) is 4.56. The van der Waals surface area contributed by atoms with Gasteiger partial charge in [-0.25, -0.2) is 0 Å². The highest BCUT2D eigenvalue weighted by Gasteiger charge is 2.18. The zero-order chi connectivity index (χ0) is 13.0. The van der Waals surface area contributed by atoms with Gasteiger partial charge < -0.3 is 15.4 Å². The van der Waals surface area contributed by atoms with Crippen molar-refractivity contribution in [1.29, 1.82) is 0 Å². The first-order valence-electron chi connectivity index (χ1n) is 6.19. The highest BCUT2D eigenvalue weighted by molar-refractivity contribution is 9.10. The minimum atomic E-state index is 0.516.